The molecule has 0 aliphatic carbocycles. The zero-order chi connectivity index (χ0) is 22.7. The summed E-state index contributed by atoms with van der Waals surface area (Å²) in [4.78, 5) is 15.4. The van der Waals surface area contributed by atoms with E-state index in [4.69, 9.17) is 11.6 Å². The van der Waals surface area contributed by atoms with E-state index < -0.39 is 16.1 Å². The summed E-state index contributed by atoms with van der Waals surface area (Å²) >= 11 is 7.68. The van der Waals surface area contributed by atoms with E-state index in [1.165, 1.54) is 11.3 Å². The molecular formula is C24H27ClN2O3S2. The lowest BCUT2D eigenvalue weighted by atomic mass is 9.98. The number of nitrogens with one attached hydrogen (secondary N) is 1. The number of hydrogen-bond donors (Lipinski definition) is 1. The van der Waals surface area contributed by atoms with Gasteiger partial charge in [-0.15, -0.1) is 11.3 Å². The molecule has 1 amide bonds. The van der Waals surface area contributed by atoms with Gasteiger partial charge in [-0.3, -0.25) is 4.79 Å². The first-order valence-corrected chi connectivity index (χ1v) is 13.6. The van der Waals surface area contributed by atoms with Gasteiger partial charge in [-0.25, -0.2) is 8.42 Å². The van der Waals surface area contributed by atoms with Crippen molar-refractivity contribution >= 4 is 49.0 Å². The minimum absolute atomic E-state index is 0.160. The van der Waals surface area contributed by atoms with Crippen LogP contribution in [0.15, 0.2) is 58.8 Å². The molecule has 2 heterocycles. The van der Waals surface area contributed by atoms with E-state index in [1.807, 2.05) is 36.4 Å². The van der Waals surface area contributed by atoms with Crippen LogP contribution >= 0.6 is 22.9 Å². The molecule has 0 spiro atoms. The highest BCUT2D eigenvalue weighted by Gasteiger charge is 2.32. The largest absolute Gasteiger partial charge is 0.341 e. The number of likely N-dealkylation sites (tertiary alicyclic amines) is 1. The summed E-state index contributed by atoms with van der Waals surface area (Å²) in [5, 5.41) is 2.94. The number of fused-ring (bicyclic) bond motifs is 1. The SMILES string of the molecule is CC1CCN(C(=O)C(CCc2ccccc2Cl)NS(=O)(=O)c2csc3ccccc23)CC1. The zero-order valence-corrected chi connectivity index (χ0v) is 20.3. The summed E-state index contributed by atoms with van der Waals surface area (Å²) < 4.78 is 30.3. The molecule has 1 aliphatic rings. The van der Waals surface area contributed by atoms with Crippen molar-refractivity contribution in [2.45, 2.75) is 43.5 Å². The number of piperidine rings is 1. The molecule has 1 N–H and O–H groups in total. The standard InChI is InChI=1S/C24H27ClN2O3S2/c1-17-12-14-27(15-13-17)24(28)21(11-10-18-6-2-4-8-20(18)25)26-32(29,30)23-16-31-22-9-5-3-7-19(22)23/h2-9,16-17,21,26H,10-15H2,1H3. The summed E-state index contributed by atoms with van der Waals surface area (Å²) in [5.41, 5.74) is 0.902. The Morgan fingerprint density at radius 1 is 1.16 bits per heavy atom. The number of carbonyl (C=O) groups is 1. The van der Waals surface area contributed by atoms with E-state index in [0.717, 1.165) is 23.1 Å². The first-order chi connectivity index (χ1) is 15.3. The topological polar surface area (TPSA) is 66.5 Å². The van der Waals surface area contributed by atoms with Crippen molar-refractivity contribution < 1.29 is 13.2 Å². The predicted molar refractivity (Wildman–Crippen MR) is 131 cm³/mol. The molecule has 1 fully saturated rings. The minimum atomic E-state index is -3.87. The average Bonchev–Trinajstić information content (AvgIpc) is 3.23. The van der Waals surface area contributed by atoms with Crippen LogP contribution in [0.3, 0.4) is 0 Å². The third-order valence-corrected chi connectivity index (χ3v) is 9.08. The molecule has 1 atom stereocenters. The van der Waals surface area contributed by atoms with Crippen molar-refractivity contribution in [1.82, 2.24) is 9.62 Å². The molecule has 170 valence electrons. The Labute approximate surface area is 198 Å². The van der Waals surface area contributed by atoms with Crippen LogP contribution in [0.4, 0.5) is 0 Å². The van der Waals surface area contributed by atoms with Gasteiger partial charge in [0.2, 0.25) is 15.9 Å². The van der Waals surface area contributed by atoms with Crippen molar-refractivity contribution in [2.75, 3.05) is 13.1 Å². The van der Waals surface area contributed by atoms with Crippen LogP contribution in [-0.2, 0) is 21.2 Å². The number of halogens is 1. The summed E-state index contributed by atoms with van der Waals surface area (Å²) in [7, 11) is -3.87. The lowest BCUT2D eigenvalue weighted by Gasteiger charge is -2.33. The molecule has 0 bridgehead atoms. The average molecular weight is 491 g/mol. The Bertz CT molecular complexity index is 1200. The van der Waals surface area contributed by atoms with E-state index in [9.17, 15) is 13.2 Å². The van der Waals surface area contributed by atoms with Crippen LogP contribution < -0.4 is 4.72 Å². The molecule has 8 heteroatoms. The Hall–Kier alpha value is -1.93. The number of rotatable bonds is 7. The molecule has 0 saturated carbocycles. The van der Waals surface area contributed by atoms with Gasteiger partial charge in [0.1, 0.15) is 10.9 Å². The molecular weight excluding hydrogens is 464 g/mol. The minimum Gasteiger partial charge on any atom is -0.341 e. The van der Waals surface area contributed by atoms with Crippen LogP contribution in [-0.4, -0.2) is 38.4 Å². The quantitative estimate of drug-likeness (QED) is 0.501. The van der Waals surface area contributed by atoms with Gasteiger partial charge >= 0.3 is 0 Å². The van der Waals surface area contributed by atoms with Crippen LogP contribution in [0.5, 0.6) is 0 Å². The maximum atomic E-state index is 13.4. The molecule has 4 rings (SSSR count). The Morgan fingerprint density at radius 2 is 1.84 bits per heavy atom. The molecule has 32 heavy (non-hydrogen) atoms. The summed E-state index contributed by atoms with van der Waals surface area (Å²) in [6.45, 7) is 3.50. The van der Waals surface area contributed by atoms with Gasteiger partial charge in [0.05, 0.1) is 0 Å². The van der Waals surface area contributed by atoms with Crippen molar-refractivity contribution in [3.63, 3.8) is 0 Å². The maximum absolute atomic E-state index is 13.4. The highest BCUT2D eigenvalue weighted by atomic mass is 35.5. The molecule has 1 unspecified atom stereocenters. The number of thiophene rings is 1. The first-order valence-electron chi connectivity index (χ1n) is 10.9. The number of aryl methyl sites for hydroxylation is 1. The summed E-state index contributed by atoms with van der Waals surface area (Å²) in [5.74, 6) is 0.418. The van der Waals surface area contributed by atoms with Crippen molar-refractivity contribution in [2.24, 2.45) is 5.92 Å². The van der Waals surface area contributed by atoms with E-state index >= 15 is 0 Å². The normalized spacial score (nSPS) is 16.4. The molecule has 1 aromatic heterocycles. The van der Waals surface area contributed by atoms with E-state index in [2.05, 4.69) is 11.6 Å². The molecule has 1 saturated heterocycles. The lowest BCUT2D eigenvalue weighted by Crippen LogP contribution is -2.50. The second kappa shape index (κ2) is 9.91. The van der Waals surface area contributed by atoms with Crippen molar-refractivity contribution in [3.05, 3.63) is 64.5 Å². The predicted octanol–water partition coefficient (Wildman–Crippen LogP) is 5.09. The van der Waals surface area contributed by atoms with Gasteiger partial charge < -0.3 is 4.90 Å². The summed E-state index contributed by atoms with van der Waals surface area (Å²) in [6, 6.07) is 14.0. The van der Waals surface area contributed by atoms with Gasteiger partial charge in [-0.1, -0.05) is 54.9 Å². The molecule has 2 aromatic carbocycles. The molecule has 5 nitrogen and oxygen atoms in total. The van der Waals surface area contributed by atoms with Gasteiger partial charge in [0.15, 0.2) is 0 Å². The highest BCUT2D eigenvalue weighted by Crippen LogP contribution is 2.30. The molecule has 3 aromatic rings. The Morgan fingerprint density at radius 3 is 2.59 bits per heavy atom. The van der Waals surface area contributed by atoms with E-state index in [-0.39, 0.29) is 10.8 Å². The number of benzene rings is 2. The van der Waals surface area contributed by atoms with E-state index in [1.54, 1.807) is 22.4 Å². The number of hydrogen-bond acceptors (Lipinski definition) is 4. The third-order valence-electron chi connectivity index (χ3n) is 6.09. The first kappa shape index (κ1) is 23.2. The lowest BCUT2D eigenvalue weighted by molar-refractivity contribution is -0.134. The number of nitrogens with zero attached hydrogens (tertiary/aromatic N) is 1. The van der Waals surface area contributed by atoms with Crippen LogP contribution in [0.25, 0.3) is 10.1 Å². The van der Waals surface area contributed by atoms with Crippen molar-refractivity contribution in [1.29, 1.82) is 0 Å². The van der Waals surface area contributed by atoms with Gasteiger partial charge in [-0.2, -0.15) is 4.72 Å². The third kappa shape index (κ3) is 5.17. The zero-order valence-electron chi connectivity index (χ0n) is 18.0. The van der Waals surface area contributed by atoms with Gasteiger partial charge in [-0.05, 0) is 49.3 Å². The smallest absolute Gasteiger partial charge is 0.242 e. The second-order valence-corrected chi connectivity index (χ2v) is 11.4. The maximum Gasteiger partial charge on any atom is 0.242 e. The van der Waals surface area contributed by atoms with Gasteiger partial charge in [0.25, 0.3) is 0 Å². The number of amides is 1. The molecule has 1 aliphatic heterocycles. The fourth-order valence-electron chi connectivity index (χ4n) is 4.10. The van der Waals surface area contributed by atoms with Crippen molar-refractivity contribution in [3.8, 4) is 0 Å². The van der Waals surface area contributed by atoms with Crippen LogP contribution in [0.2, 0.25) is 5.02 Å². The van der Waals surface area contributed by atoms with Crippen LogP contribution in [0.1, 0.15) is 31.7 Å². The monoisotopic (exact) mass is 490 g/mol. The Kier molecular flexibility index (Phi) is 7.20. The van der Waals surface area contributed by atoms with E-state index in [0.29, 0.717) is 42.3 Å². The number of carbonyl (C=O) groups excluding carboxylic acids is 1. The fraction of sp³-hybridized carbons (Fsp3) is 0.375. The molecule has 0 radical (unpaired) electrons. The fourth-order valence-corrected chi connectivity index (χ4v) is 7.05. The Balaban J connectivity index is 1.59. The highest BCUT2D eigenvalue weighted by molar-refractivity contribution is 7.90. The second-order valence-electron chi connectivity index (χ2n) is 8.41. The van der Waals surface area contributed by atoms with Crippen LogP contribution in [0, 0.1) is 5.92 Å². The summed E-state index contributed by atoms with van der Waals surface area (Å²) in [6.07, 6.45) is 2.72. The van der Waals surface area contributed by atoms with Gasteiger partial charge in [0, 0.05) is 33.6 Å². The number of sulfonamides is 1.